The molecule has 2 heterocycles. The highest BCUT2D eigenvalue weighted by Crippen LogP contribution is 2.56. The molecule has 0 radical (unpaired) electrons. The number of hydrogen-bond acceptors (Lipinski definition) is 7. The minimum atomic E-state index is -1.23. The Kier molecular flexibility index (Phi) is 6.94. The first-order valence-corrected chi connectivity index (χ1v) is 12.1. The van der Waals surface area contributed by atoms with E-state index in [2.05, 4.69) is 24.5 Å². The fourth-order valence-corrected chi connectivity index (χ4v) is 5.25. The summed E-state index contributed by atoms with van der Waals surface area (Å²) in [7, 11) is 0. The lowest BCUT2D eigenvalue weighted by atomic mass is 9.90. The third-order valence-corrected chi connectivity index (χ3v) is 6.88. The quantitative estimate of drug-likeness (QED) is 0.197. The van der Waals surface area contributed by atoms with Crippen LogP contribution in [0.25, 0.3) is 48.1 Å². The van der Waals surface area contributed by atoms with Crippen LogP contribution in [0.5, 0.6) is 0 Å². The van der Waals surface area contributed by atoms with Crippen molar-refractivity contribution in [1.29, 1.82) is 26.3 Å². The normalized spacial score (nSPS) is 14.7. The maximum absolute atomic E-state index is 16.9. The summed E-state index contributed by atoms with van der Waals surface area (Å²) in [6.45, 7) is 23.1. The minimum Gasteiger partial charge on any atom is -0.237 e. The lowest BCUT2D eigenvalue weighted by molar-refractivity contribution is 0.581. The second kappa shape index (κ2) is 10.9. The molecule has 0 N–H and O–H groups in total. The lowest BCUT2D eigenvalue weighted by Gasteiger charge is -2.14. The molecule has 0 aliphatic heterocycles. The van der Waals surface area contributed by atoms with Gasteiger partial charge in [-0.15, -0.1) is 0 Å². The van der Waals surface area contributed by atoms with Crippen molar-refractivity contribution in [3.63, 3.8) is 0 Å². The zero-order valence-electron chi connectivity index (χ0n) is 22.0. The average Bonchev–Trinajstić information content (AvgIpc) is 3.55. The highest BCUT2D eigenvalue weighted by atomic mass is 19.1. The molecule has 0 spiro atoms. The molecule has 0 bridgehead atoms. The number of pyridine rings is 2. The van der Waals surface area contributed by atoms with Gasteiger partial charge in [-0.1, -0.05) is 0 Å². The van der Waals surface area contributed by atoms with Crippen LogP contribution < -0.4 is 0 Å². The molecule has 13 heteroatoms. The van der Waals surface area contributed by atoms with E-state index in [0.717, 1.165) is 24.3 Å². The van der Waals surface area contributed by atoms with Gasteiger partial charge >= 0.3 is 0 Å². The van der Waals surface area contributed by atoms with Gasteiger partial charge in [0.2, 0.25) is 17.6 Å². The molecule has 2 aliphatic carbocycles. The first kappa shape index (κ1) is 28.7. The van der Waals surface area contributed by atoms with Crippen molar-refractivity contribution in [3.8, 4) is 30.3 Å². The Bertz CT molecular complexity index is 2240. The SMILES string of the molecule is [C-]#[N+]C1=C(c2ccc(F)nc2C#N)/C(=C(/C#N)[N+]#[C-])c2cc3c(c(F)c21)C(C#N)=C(c1ccc(F)nc1C#N)/C3=C(\C#N)[N+]#[C-]. The van der Waals surface area contributed by atoms with E-state index in [1.807, 2.05) is 6.07 Å². The van der Waals surface area contributed by atoms with Crippen molar-refractivity contribution in [2.75, 3.05) is 0 Å². The summed E-state index contributed by atoms with van der Waals surface area (Å²) in [5.41, 5.74) is -6.29. The van der Waals surface area contributed by atoms with E-state index >= 15 is 4.39 Å². The standard InChI is InChI=1S/C32H5F3N10/c1-41-21(12-39)27-16-8-17-28(22(13-40)42-2)29(15-5-7-24(34)45-20(15)11-38)32(43-3)30(17)31(35)26(16)18(9-36)25(27)14-4-6-23(33)44-19(14)10-37/h4-8H/b27-21+,28-22-. The number of benzene rings is 1. The number of fused-ring (bicyclic) bond motifs is 2. The second-order valence-corrected chi connectivity index (χ2v) is 8.91. The number of nitrogens with zero attached hydrogens (tertiary/aromatic N) is 10. The number of rotatable bonds is 2. The average molecular weight is 586 g/mol. The van der Waals surface area contributed by atoms with Gasteiger partial charge in [0.25, 0.3) is 11.4 Å². The van der Waals surface area contributed by atoms with Crippen LogP contribution in [0, 0.1) is 94.1 Å². The predicted octanol–water partition coefficient (Wildman–Crippen LogP) is 6.19. The van der Waals surface area contributed by atoms with Crippen LogP contribution in [0.3, 0.4) is 0 Å². The molecule has 0 saturated heterocycles. The highest BCUT2D eigenvalue weighted by Gasteiger charge is 2.41. The maximum Gasteiger partial charge on any atom is 0.270 e. The molecule has 10 nitrogen and oxygen atoms in total. The molecule has 204 valence electrons. The summed E-state index contributed by atoms with van der Waals surface area (Å²) in [5.74, 6) is -3.31. The predicted molar refractivity (Wildman–Crippen MR) is 148 cm³/mol. The van der Waals surface area contributed by atoms with Gasteiger partial charge in [-0.2, -0.15) is 24.6 Å². The van der Waals surface area contributed by atoms with Gasteiger partial charge in [0, 0.05) is 33.4 Å². The molecular weight excluding hydrogens is 581 g/mol. The van der Waals surface area contributed by atoms with Crippen LogP contribution in [0.4, 0.5) is 13.2 Å². The van der Waals surface area contributed by atoms with Gasteiger partial charge in [0.15, 0.2) is 5.69 Å². The van der Waals surface area contributed by atoms with Crippen LogP contribution in [0.1, 0.15) is 44.8 Å². The van der Waals surface area contributed by atoms with Crippen molar-refractivity contribution in [1.82, 2.24) is 9.97 Å². The van der Waals surface area contributed by atoms with Crippen LogP contribution in [-0.2, 0) is 0 Å². The number of allylic oxidation sites excluding steroid dienone is 7. The van der Waals surface area contributed by atoms with Crippen LogP contribution in [-0.4, -0.2) is 9.97 Å². The second-order valence-electron chi connectivity index (χ2n) is 8.91. The Labute approximate surface area is 251 Å². The van der Waals surface area contributed by atoms with Gasteiger partial charge in [-0.05, 0) is 52.6 Å². The van der Waals surface area contributed by atoms with E-state index < -0.39 is 62.9 Å². The summed E-state index contributed by atoms with van der Waals surface area (Å²) in [6.07, 6.45) is 0. The molecule has 0 fully saturated rings. The molecule has 2 aliphatic rings. The first-order valence-electron chi connectivity index (χ1n) is 12.1. The van der Waals surface area contributed by atoms with E-state index in [1.165, 1.54) is 6.07 Å². The summed E-state index contributed by atoms with van der Waals surface area (Å²) in [5, 5.41) is 49.3. The summed E-state index contributed by atoms with van der Waals surface area (Å²) < 4.78 is 44.8. The minimum absolute atomic E-state index is 0.186. The smallest absolute Gasteiger partial charge is 0.237 e. The van der Waals surface area contributed by atoms with Crippen molar-refractivity contribution in [2.45, 2.75) is 0 Å². The van der Waals surface area contributed by atoms with E-state index in [0.29, 0.717) is 0 Å². The molecule has 2 aromatic heterocycles. The Hall–Kier alpha value is -7.81. The Morgan fingerprint density at radius 3 is 1.58 bits per heavy atom. The maximum atomic E-state index is 16.9. The summed E-state index contributed by atoms with van der Waals surface area (Å²) >= 11 is 0. The Morgan fingerprint density at radius 1 is 0.644 bits per heavy atom. The van der Waals surface area contributed by atoms with E-state index in [4.69, 9.17) is 19.7 Å². The van der Waals surface area contributed by atoms with Crippen LogP contribution >= 0.6 is 0 Å². The molecule has 0 atom stereocenters. The van der Waals surface area contributed by atoms with Gasteiger partial charge in [0.1, 0.15) is 29.7 Å². The fraction of sp³-hybridized carbons (Fsp3) is 0. The molecular formula is C32H5F3N10. The first-order chi connectivity index (χ1) is 21.7. The van der Waals surface area contributed by atoms with Crippen molar-refractivity contribution < 1.29 is 13.2 Å². The lowest BCUT2D eigenvalue weighted by Crippen LogP contribution is -2.00. The van der Waals surface area contributed by atoms with Crippen molar-refractivity contribution in [2.24, 2.45) is 0 Å². The van der Waals surface area contributed by atoms with E-state index in [9.17, 15) is 35.1 Å². The number of nitriles is 5. The zero-order valence-corrected chi connectivity index (χ0v) is 22.0. The molecule has 0 saturated carbocycles. The monoisotopic (exact) mass is 586 g/mol. The number of aromatic nitrogens is 2. The van der Waals surface area contributed by atoms with E-state index in [-0.39, 0.29) is 44.5 Å². The third-order valence-electron chi connectivity index (χ3n) is 6.88. The van der Waals surface area contributed by atoms with Crippen molar-refractivity contribution in [3.05, 3.63) is 138 Å². The van der Waals surface area contributed by atoms with Crippen LogP contribution in [0.15, 0.2) is 41.7 Å². The highest BCUT2D eigenvalue weighted by molar-refractivity contribution is 6.29. The van der Waals surface area contributed by atoms with Gasteiger partial charge in [-0.3, -0.25) is 0 Å². The number of hydrogen-bond donors (Lipinski definition) is 0. The Balaban J connectivity index is 2.03. The topological polar surface area (TPSA) is 158 Å². The summed E-state index contributed by atoms with van der Waals surface area (Å²) in [4.78, 5) is 16.9. The van der Waals surface area contributed by atoms with Gasteiger partial charge in [0.05, 0.1) is 37.4 Å². The molecule has 0 unspecified atom stereocenters. The van der Waals surface area contributed by atoms with Gasteiger partial charge < -0.3 is 0 Å². The molecule has 45 heavy (non-hydrogen) atoms. The molecule has 3 aromatic rings. The summed E-state index contributed by atoms with van der Waals surface area (Å²) in [6, 6.07) is 13.6. The molecule has 5 rings (SSSR count). The zero-order chi connectivity index (χ0) is 32.6. The largest absolute Gasteiger partial charge is 0.270 e. The number of halogens is 3. The van der Waals surface area contributed by atoms with Crippen molar-refractivity contribution >= 4 is 33.6 Å². The Morgan fingerprint density at radius 2 is 1.13 bits per heavy atom. The van der Waals surface area contributed by atoms with Crippen LogP contribution in [0.2, 0.25) is 0 Å². The molecule has 1 aromatic carbocycles. The molecule has 0 amide bonds. The van der Waals surface area contributed by atoms with E-state index in [1.54, 1.807) is 24.3 Å². The van der Waals surface area contributed by atoms with Gasteiger partial charge in [-0.25, -0.2) is 39.4 Å². The fourth-order valence-electron chi connectivity index (χ4n) is 5.25. The third kappa shape index (κ3) is 4.05.